The topological polar surface area (TPSA) is 86.1 Å². The summed E-state index contributed by atoms with van der Waals surface area (Å²) in [4.78, 5) is 10.1. The first-order valence-corrected chi connectivity index (χ1v) is 13.9. The fourth-order valence-corrected chi connectivity index (χ4v) is 5.52. The minimum absolute atomic E-state index is 0.0956. The molecule has 35 heavy (non-hydrogen) atoms. The first-order valence-electron chi connectivity index (χ1n) is 12.0. The lowest BCUT2D eigenvalue weighted by Gasteiger charge is -2.25. The highest BCUT2D eigenvalue weighted by atomic mass is 32.2. The number of hydrogen-bond acceptors (Lipinski definition) is 6. The van der Waals surface area contributed by atoms with Crippen molar-refractivity contribution in [1.82, 2.24) is 14.5 Å². The fourth-order valence-electron chi connectivity index (χ4n) is 4.67. The second kappa shape index (κ2) is 9.79. The summed E-state index contributed by atoms with van der Waals surface area (Å²) in [5.74, 6) is 0.832. The summed E-state index contributed by atoms with van der Waals surface area (Å²) in [5, 5.41) is 3.37. The Morgan fingerprint density at radius 3 is 2.51 bits per heavy atom. The van der Waals surface area contributed by atoms with Gasteiger partial charge in [0, 0.05) is 18.6 Å². The molecule has 5 rings (SSSR count). The SMILES string of the molecule is Cc1nc2c(Nc3ccccc3S(C)(=O)=O)cc(CCc3ccccc3)nc2n1C1CCCCO1. The van der Waals surface area contributed by atoms with Gasteiger partial charge in [0.25, 0.3) is 0 Å². The number of para-hydroxylation sites is 1. The van der Waals surface area contributed by atoms with Crippen molar-refractivity contribution in [2.24, 2.45) is 0 Å². The summed E-state index contributed by atoms with van der Waals surface area (Å²) >= 11 is 0. The molecule has 1 unspecified atom stereocenters. The van der Waals surface area contributed by atoms with Crippen molar-refractivity contribution >= 4 is 32.4 Å². The van der Waals surface area contributed by atoms with E-state index in [9.17, 15) is 8.42 Å². The van der Waals surface area contributed by atoms with Crippen LogP contribution >= 0.6 is 0 Å². The number of ether oxygens (including phenoxy) is 1. The van der Waals surface area contributed by atoms with Crippen molar-refractivity contribution in [3.8, 4) is 0 Å². The zero-order valence-electron chi connectivity index (χ0n) is 20.1. The van der Waals surface area contributed by atoms with Crippen molar-refractivity contribution in [3.63, 3.8) is 0 Å². The molecule has 1 saturated heterocycles. The molecule has 0 bridgehead atoms. The van der Waals surface area contributed by atoms with Gasteiger partial charge in [-0.15, -0.1) is 0 Å². The average Bonchev–Trinajstić information content (AvgIpc) is 3.19. The molecule has 0 spiro atoms. The highest BCUT2D eigenvalue weighted by Gasteiger charge is 2.24. The van der Waals surface area contributed by atoms with Gasteiger partial charge in [0.1, 0.15) is 17.6 Å². The third kappa shape index (κ3) is 5.09. The molecule has 1 N–H and O–H groups in total. The van der Waals surface area contributed by atoms with E-state index in [4.69, 9.17) is 14.7 Å². The Bertz CT molecular complexity index is 1440. The number of hydrogen-bond donors (Lipinski definition) is 1. The average molecular weight is 491 g/mol. The largest absolute Gasteiger partial charge is 0.358 e. The van der Waals surface area contributed by atoms with Gasteiger partial charge < -0.3 is 10.1 Å². The second-order valence-electron chi connectivity index (χ2n) is 9.06. The van der Waals surface area contributed by atoms with E-state index in [0.29, 0.717) is 11.2 Å². The highest BCUT2D eigenvalue weighted by molar-refractivity contribution is 7.90. The van der Waals surface area contributed by atoms with E-state index in [1.807, 2.05) is 37.3 Å². The van der Waals surface area contributed by atoms with Gasteiger partial charge in [0.2, 0.25) is 0 Å². The molecule has 4 aromatic rings. The van der Waals surface area contributed by atoms with Crippen LogP contribution in [0.15, 0.2) is 65.6 Å². The maximum atomic E-state index is 12.4. The predicted octanol–water partition coefficient (Wildman–Crippen LogP) is 5.37. The smallest absolute Gasteiger partial charge is 0.177 e. The quantitative estimate of drug-likeness (QED) is 0.375. The molecule has 8 heteroatoms. The number of imidazole rings is 1. The zero-order chi connectivity index (χ0) is 24.4. The molecule has 0 saturated carbocycles. The minimum Gasteiger partial charge on any atom is -0.358 e. The fraction of sp³-hybridized carbons (Fsp3) is 0.333. The molecule has 1 aliphatic rings. The van der Waals surface area contributed by atoms with E-state index in [-0.39, 0.29) is 11.1 Å². The van der Waals surface area contributed by atoms with E-state index in [1.54, 1.807) is 18.2 Å². The number of aromatic nitrogens is 3. The summed E-state index contributed by atoms with van der Waals surface area (Å²) in [6.45, 7) is 2.70. The van der Waals surface area contributed by atoms with Crippen LogP contribution in [0.4, 0.5) is 11.4 Å². The molecule has 2 aromatic carbocycles. The monoisotopic (exact) mass is 490 g/mol. The molecule has 1 aliphatic heterocycles. The Balaban J connectivity index is 1.60. The number of nitrogens with one attached hydrogen (secondary N) is 1. The van der Waals surface area contributed by atoms with Crippen LogP contribution in [0.3, 0.4) is 0 Å². The van der Waals surface area contributed by atoms with Gasteiger partial charge in [-0.3, -0.25) is 4.57 Å². The zero-order valence-corrected chi connectivity index (χ0v) is 20.9. The molecule has 7 nitrogen and oxygen atoms in total. The van der Waals surface area contributed by atoms with Crippen molar-refractivity contribution in [3.05, 3.63) is 77.7 Å². The third-order valence-corrected chi connectivity index (χ3v) is 7.54. The van der Waals surface area contributed by atoms with Crippen LogP contribution in [0.1, 0.15) is 42.6 Å². The lowest BCUT2D eigenvalue weighted by atomic mass is 10.1. The maximum Gasteiger partial charge on any atom is 0.177 e. The molecule has 1 fully saturated rings. The van der Waals surface area contributed by atoms with Crippen molar-refractivity contribution in [2.45, 2.75) is 50.2 Å². The Labute approximate surface area is 206 Å². The molecule has 0 aliphatic carbocycles. The highest BCUT2D eigenvalue weighted by Crippen LogP contribution is 2.34. The first kappa shape index (κ1) is 23.5. The Hall–Kier alpha value is -3.23. The number of pyridine rings is 1. The number of sulfone groups is 1. The van der Waals surface area contributed by atoms with Gasteiger partial charge in [-0.05, 0) is 62.8 Å². The number of benzene rings is 2. The summed E-state index contributed by atoms with van der Waals surface area (Å²) in [6, 6.07) is 19.3. The van der Waals surface area contributed by atoms with E-state index >= 15 is 0 Å². The van der Waals surface area contributed by atoms with Crippen LogP contribution in [0.2, 0.25) is 0 Å². The molecule has 2 aromatic heterocycles. The number of anilines is 2. The van der Waals surface area contributed by atoms with Crippen molar-refractivity contribution in [2.75, 3.05) is 18.2 Å². The summed E-state index contributed by atoms with van der Waals surface area (Å²) < 4.78 is 33.0. The molecular weight excluding hydrogens is 460 g/mol. The summed E-state index contributed by atoms with van der Waals surface area (Å²) in [7, 11) is -3.41. The van der Waals surface area contributed by atoms with E-state index in [1.165, 1.54) is 11.8 Å². The van der Waals surface area contributed by atoms with Gasteiger partial charge in [0.15, 0.2) is 15.5 Å². The van der Waals surface area contributed by atoms with Crippen LogP contribution < -0.4 is 5.32 Å². The molecular formula is C27H30N4O3S. The molecule has 0 amide bonds. The van der Waals surface area contributed by atoms with Gasteiger partial charge in [-0.2, -0.15) is 0 Å². The van der Waals surface area contributed by atoms with Crippen molar-refractivity contribution < 1.29 is 13.2 Å². The predicted molar refractivity (Wildman–Crippen MR) is 138 cm³/mol. The Kier molecular flexibility index (Phi) is 6.58. The number of aryl methyl sites for hydroxylation is 3. The van der Waals surface area contributed by atoms with Gasteiger partial charge in [-0.1, -0.05) is 42.5 Å². The Morgan fingerprint density at radius 2 is 1.77 bits per heavy atom. The van der Waals surface area contributed by atoms with Crippen LogP contribution in [0.25, 0.3) is 11.2 Å². The number of nitrogens with zero attached hydrogens (tertiary/aromatic N) is 3. The van der Waals surface area contributed by atoms with Gasteiger partial charge >= 0.3 is 0 Å². The van der Waals surface area contributed by atoms with Crippen LogP contribution in [-0.4, -0.2) is 35.8 Å². The molecule has 3 heterocycles. The lowest BCUT2D eigenvalue weighted by Crippen LogP contribution is -2.19. The maximum absolute atomic E-state index is 12.4. The third-order valence-electron chi connectivity index (χ3n) is 6.39. The van der Waals surface area contributed by atoms with E-state index in [2.05, 4.69) is 22.0 Å². The second-order valence-corrected chi connectivity index (χ2v) is 11.0. The Morgan fingerprint density at radius 1 is 1.00 bits per heavy atom. The number of fused-ring (bicyclic) bond motifs is 1. The standard InChI is InChI=1S/C27H30N4O3S/c1-19-28-26-23(30-22-12-6-7-13-24(22)35(2,32)33)18-21(16-15-20-10-4-3-5-11-20)29-27(26)31(19)25-14-8-9-17-34-25/h3-7,10-13,18,25H,8-9,14-17H2,1-2H3,(H,29,30). The molecule has 1 atom stereocenters. The summed E-state index contributed by atoms with van der Waals surface area (Å²) in [6.07, 6.45) is 5.81. The van der Waals surface area contributed by atoms with Crippen molar-refractivity contribution in [1.29, 1.82) is 0 Å². The van der Waals surface area contributed by atoms with Crippen LogP contribution in [0.5, 0.6) is 0 Å². The van der Waals surface area contributed by atoms with E-state index in [0.717, 1.165) is 61.6 Å². The van der Waals surface area contributed by atoms with Gasteiger partial charge in [0.05, 0.1) is 16.3 Å². The molecule has 0 radical (unpaired) electrons. The number of rotatable bonds is 7. The minimum atomic E-state index is -3.41. The van der Waals surface area contributed by atoms with E-state index < -0.39 is 9.84 Å². The van der Waals surface area contributed by atoms with Crippen LogP contribution in [-0.2, 0) is 27.4 Å². The van der Waals surface area contributed by atoms with Gasteiger partial charge in [-0.25, -0.2) is 18.4 Å². The summed E-state index contributed by atoms with van der Waals surface area (Å²) in [5.41, 5.74) is 4.90. The normalized spacial score (nSPS) is 16.5. The van der Waals surface area contributed by atoms with Crippen LogP contribution in [0, 0.1) is 6.92 Å². The lowest BCUT2D eigenvalue weighted by molar-refractivity contribution is -0.0309. The molecule has 182 valence electrons. The first-order chi connectivity index (χ1) is 16.9.